The molecule has 1 aliphatic rings. The number of para-hydroxylation sites is 1. The van der Waals surface area contributed by atoms with Crippen molar-refractivity contribution in [3.8, 4) is 11.5 Å². The molecule has 0 radical (unpaired) electrons. The van der Waals surface area contributed by atoms with Crippen LogP contribution in [0.4, 0.5) is 5.13 Å². The van der Waals surface area contributed by atoms with Gasteiger partial charge in [-0.2, -0.15) is 0 Å². The average molecular weight is 527 g/mol. The lowest BCUT2D eigenvalue weighted by atomic mass is 9.95. The van der Waals surface area contributed by atoms with Gasteiger partial charge in [-0.25, -0.2) is 4.98 Å². The number of amides is 1. The molecular formula is C29H22N2O6S. The van der Waals surface area contributed by atoms with Crippen molar-refractivity contribution in [2.24, 2.45) is 0 Å². The number of aliphatic hydroxyl groups is 1. The fourth-order valence-electron chi connectivity index (χ4n) is 4.68. The first kappa shape index (κ1) is 23.7. The van der Waals surface area contributed by atoms with E-state index in [2.05, 4.69) is 4.98 Å². The summed E-state index contributed by atoms with van der Waals surface area (Å²) in [5, 5.41) is 12.1. The minimum atomic E-state index is -0.904. The summed E-state index contributed by atoms with van der Waals surface area (Å²) in [5.74, 6) is -0.771. The van der Waals surface area contributed by atoms with Crippen molar-refractivity contribution in [1.82, 2.24) is 4.98 Å². The standard InChI is InChI=1S/C29H22N2O6S/c1-3-36-18-12-13-19-22(15-18)38-29(30-19)31-24(16-8-5-4-6-9-16)23(26(33)28(31)34)25(32)21-14-17-10-7-11-20(35-2)27(17)37-21/h4-15,24,33H,3H2,1-2H3. The van der Waals surface area contributed by atoms with Gasteiger partial charge in [0.05, 0.1) is 35.5 Å². The summed E-state index contributed by atoms with van der Waals surface area (Å²) in [5.41, 5.74) is 1.66. The van der Waals surface area contributed by atoms with Crippen LogP contribution in [0.2, 0.25) is 0 Å². The number of fused-ring (bicyclic) bond motifs is 2. The fourth-order valence-corrected chi connectivity index (χ4v) is 5.70. The molecule has 1 N–H and O–H groups in total. The number of benzene rings is 3. The van der Waals surface area contributed by atoms with Crippen LogP contribution in [0.3, 0.4) is 0 Å². The lowest BCUT2D eigenvalue weighted by Gasteiger charge is -2.24. The van der Waals surface area contributed by atoms with E-state index in [9.17, 15) is 14.7 Å². The van der Waals surface area contributed by atoms with Gasteiger partial charge in [-0.05, 0) is 42.8 Å². The number of ether oxygens (including phenoxy) is 2. The summed E-state index contributed by atoms with van der Waals surface area (Å²) in [6, 6.07) is 20.6. The van der Waals surface area contributed by atoms with Gasteiger partial charge in [0, 0.05) is 5.39 Å². The Labute approximate surface area is 221 Å². The number of furan rings is 1. The Balaban J connectivity index is 1.47. The molecule has 1 atom stereocenters. The molecule has 0 fully saturated rings. The van der Waals surface area contributed by atoms with E-state index in [1.807, 2.05) is 43.3 Å². The van der Waals surface area contributed by atoms with Gasteiger partial charge in [0.2, 0.25) is 5.78 Å². The summed E-state index contributed by atoms with van der Waals surface area (Å²) in [7, 11) is 1.52. The van der Waals surface area contributed by atoms with Crippen molar-refractivity contribution < 1.29 is 28.6 Å². The molecule has 190 valence electrons. The Bertz CT molecular complexity index is 1740. The lowest BCUT2D eigenvalue weighted by molar-refractivity contribution is -0.117. The molecule has 0 saturated carbocycles. The molecule has 5 aromatic rings. The molecule has 9 heteroatoms. The van der Waals surface area contributed by atoms with E-state index in [-0.39, 0.29) is 11.3 Å². The summed E-state index contributed by atoms with van der Waals surface area (Å²) < 4.78 is 17.7. The fraction of sp³-hybridized carbons (Fsp3) is 0.138. The van der Waals surface area contributed by atoms with Gasteiger partial charge < -0.3 is 19.0 Å². The van der Waals surface area contributed by atoms with Gasteiger partial charge in [-0.15, -0.1) is 0 Å². The maximum Gasteiger partial charge on any atom is 0.296 e. The third-order valence-electron chi connectivity index (χ3n) is 6.39. The number of methoxy groups -OCH3 is 1. The highest BCUT2D eigenvalue weighted by Crippen LogP contribution is 2.45. The van der Waals surface area contributed by atoms with Crippen LogP contribution in [0.1, 0.15) is 29.1 Å². The summed E-state index contributed by atoms with van der Waals surface area (Å²) in [6.07, 6.45) is 0. The topological polar surface area (TPSA) is 102 Å². The van der Waals surface area contributed by atoms with E-state index in [0.717, 1.165) is 4.70 Å². The largest absolute Gasteiger partial charge is 0.503 e. The van der Waals surface area contributed by atoms with Crippen LogP contribution >= 0.6 is 11.3 Å². The number of hydrogen-bond donors (Lipinski definition) is 1. The number of ketones is 1. The smallest absolute Gasteiger partial charge is 0.296 e. The van der Waals surface area contributed by atoms with E-state index in [1.54, 1.807) is 36.4 Å². The number of carbonyl (C=O) groups excluding carboxylic acids is 2. The first-order chi connectivity index (χ1) is 18.5. The molecule has 0 aliphatic carbocycles. The van der Waals surface area contributed by atoms with Crippen LogP contribution in [0.15, 0.2) is 88.5 Å². The van der Waals surface area contributed by atoms with Gasteiger partial charge in [-0.1, -0.05) is 53.8 Å². The zero-order chi connectivity index (χ0) is 26.4. The predicted octanol–water partition coefficient (Wildman–Crippen LogP) is 6.23. The molecule has 6 rings (SSSR count). The number of aliphatic hydroxyl groups excluding tert-OH is 1. The molecule has 3 aromatic carbocycles. The van der Waals surface area contributed by atoms with Gasteiger partial charge in [-0.3, -0.25) is 14.5 Å². The Morgan fingerprint density at radius 3 is 2.68 bits per heavy atom. The lowest BCUT2D eigenvalue weighted by Crippen LogP contribution is -2.30. The Kier molecular flexibility index (Phi) is 5.84. The summed E-state index contributed by atoms with van der Waals surface area (Å²) >= 11 is 1.28. The monoisotopic (exact) mass is 526 g/mol. The van der Waals surface area contributed by atoms with E-state index in [0.29, 0.717) is 45.3 Å². The SMILES string of the molecule is CCOc1ccc2nc(N3C(=O)C(O)=C(C(=O)c4cc5cccc(OC)c5o4)C3c3ccccc3)sc2c1. The van der Waals surface area contributed by atoms with Crippen molar-refractivity contribution in [2.45, 2.75) is 13.0 Å². The van der Waals surface area contributed by atoms with Crippen molar-refractivity contribution >= 4 is 49.3 Å². The van der Waals surface area contributed by atoms with Gasteiger partial charge in [0.25, 0.3) is 5.91 Å². The zero-order valence-corrected chi connectivity index (χ0v) is 21.3. The molecule has 38 heavy (non-hydrogen) atoms. The summed E-state index contributed by atoms with van der Waals surface area (Å²) in [4.78, 5) is 33.4. The first-order valence-corrected chi connectivity index (χ1v) is 12.8. The Morgan fingerprint density at radius 1 is 1.11 bits per heavy atom. The third-order valence-corrected chi connectivity index (χ3v) is 7.40. The Morgan fingerprint density at radius 2 is 1.92 bits per heavy atom. The van der Waals surface area contributed by atoms with Gasteiger partial charge in [0.15, 0.2) is 28.0 Å². The molecule has 8 nitrogen and oxygen atoms in total. The second-order valence-electron chi connectivity index (χ2n) is 8.63. The van der Waals surface area contributed by atoms with E-state index in [1.165, 1.54) is 23.3 Å². The highest BCUT2D eigenvalue weighted by atomic mass is 32.1. The highest BCUT2D eigenvalue weighted by Gasteiger charge is 2.46. The van der Waals surface area contributed by atoms with E-state index in [4.69, 9.17) is 13.9 Å². The first-order valence-electron chi connectivity index (χ1n) is 12.0. The molecular weight excluding hydrogens is 504 g/mol. The zero-order valence-electron chi connectivity index (χ0n) is 20.5. The minimum absolute atomic E-state index is 0.00714. The highest BCUT2D eigenvalue weighted by molar-refractivity contribution is 7.22. The number of rotatable bonds is 7. The summed E-state index contributed by atoms with van der Waals surface area (Å²) in [6.45, 7) is 2.43. The van der Waals surface area contributed by atoms with Crippen LogP contribution in [0, 0.1) is 0 Å². The number of aromatic nitrogens is 1. The molecule has 1 unspecified atom stereocenters. The molecule has 0 saturated heterocycles. The molecule has 0 spiro atoms. The van der Waals surface area contributed by atoms with Crippen molar-refractivity contribution in [1.29, 1.82) is 0 Å². The second-order valence-corrected chi connectivity index (χ2v) is 9.64. The molecule has 1 aliphatic heterocycles. The normalized spacial score (nSPS) is 15.6. The third kappa shape index (κ3) is 3.79. The van der Waals surface area contributed by atoms with Crippen LogP contribution in [-0.2, 0) is 4.79 Å². The molecule has 1 amide bonds. The molecule has 3 heterocycles. The van der Waals surface area contributed by atoms with E-state index >= 15 is 0 Å². The number of nitrogens with zero attached hydrogens (tertiary/aromatic N) is 2. The predicted molar refractivity (Wildman–Crippen MR) is 144 cm³/mol. The number of carbonyl (C=O) groups is 2. The van der Waals surface area contributed by atoms with Gasteiger partial charge >= 0.3 is 0 Å². The maximum absolute atomic E-state index is 13.9. The van der Waals surface area contributed by atoms with Crippen LogP contribution < -0.4 is 14.4 Å². The minimum Gasteiger partial charge on any atom is -0.503 e. The number of Topliss-reactive ketones (excluding diaryl/α,β-unsaturated/α-hetero) is 1. The average Bonchev–Trinajstić information content (AvgIpc) is 3.63. The van der Waals surface area contributed by atoms with Crippen LogP contribution in [-0.4, -0.2) is 35.5 Å². The van der Waals surface area contributed by atoms with Crippen molar-refractivity contribution in [3.05, 3.63) is 95.5 Å². The molecule has 0 bridgehead atoms. The maximum atomic E-state index is 13.9. The van der Waals surface area contributed by atoms with Crippen LogP contribution in [0.5, 0.6) is 11.5 Å². The Hall–Kier alpha value is -4.63. The van der Waals surface area contributed by atoms with Crippen molar-refractivity contribution in [3.63, 3.8) is 0 Å². The van der Waals surface area contributed by atoms with Crippen LogP contribution in [0.25, 0.3) is 21.2 Å². The number of anilines is 1. The van der Waals surface area contributed by atoms with Gasteiger partial charge in [0.1, 0.15) is 5.75 Å². The number of hydrogen-bond acceptors (Lipinski definition) is 8. The number of thiazole rings is 1. The van der Waals surface area contributed by atoms with Crippen molar-refractivity contribution in [2.75, 3.05) is 18.6 Å². The quantitative estimate of drug-likeness (QED) is 0.251. The van der Waals surface area contributed by atoms with E-state index < -0.39 is 23.5 Å². The molecule has 2 aromatic heterocycles. The second kappa shape index (κ2) is 9.35.